The first-order valence-corrected chi connectivity index (χ1v) is 4.89. The maximum absolute atomic E-state index is 4.99. The Morgan fingerprint density at radius 1 is 1.31 bits per heavy atom. The average molecular weight is 208 g/mol. The van der Waals surface area contributed by atoms with Crippen LogP contribution in [-0.4, -0.2) is 20.4 Å². The zero-order valence-electron chi connectivity index (χ0n) is 6.37. The van der Waals surface area contributed by atoms with E-state index in [2.05, 4.69) is 20.4 Å². The molecule has 2 heterocycles. The molecule has 0 radical (unpaired) electrons. The van der Waals surface area contributed by atoms with Crippen molar-refractivity contribution < 1.29 is 0 Å². The Hall–Kier alpha value is -1.27. The van der Waals surface area contributed by atoms with Crippen molar-refractivity contribution in [3.8, 4) is 0 Å². The number of aromatic nitrogens is 4. The van der Waals surface area contributed by atoms with Crippen molar-refractivity contribution in [1.29, 1.82) is 0 Å². The van der Waals surface area contributed by atoms with Gasteiger partial charge in [-0.2, -0.15) is 5.10 Å². The zero-order chi connectivity index (χ0) is 8.84. The summed E-state index contributed by atoms with van der Waals surface area (Å²) in [5, 5.41) is 9.65. The first-order valence-electron chi connectivity index (χ1n) is 3.66. The molecule has 0 atom stereocenters. The van der Waals surface area contributed by atoms with Crippen molar-refractivity contribution >= 4 is 44.8 Å². The number of rotatable bonds is 0. The Labute approximate surface area is 81.6 Å². The second-order valence-corrected chi connectivity index (χ2v) is 4.34. The third-order valence-electron chi connectivity index (χ3n) is 1.85. The van der Waals surface area contributed by atoms with E-state index in [-0.39, 0.29) is 0 Å². The van der Waals surface area contributed by atoms with E-state index in [4.69, 9.17) is 12.2 Å². The summed E-state index contributed by atoms with van der Waals surface area (Å²) in [6.45, 7) is 0. The van der Waals surface area contributed by atoms with Crippen LogP contribution in [0.2, 0.25) is 0 Å². The van der Waals surface area contributed by atoms with Crippen LogP contribution in [0.4, 0.5) is 0 Å². The Bertz CT molecular complexity index is 581. The highest BCUT2D eigenvalue weighted by atomic mass is 32.1. The summed E-state index contributed by atoms with van der Waals surface area (Å²) in [5.74, 6) is 0. The lowest BCUT2D eigenvalue weighted by Crippen LogP contribution is -1.70. The number of aromatic amines is 2. The van der Waals surface area contributed by atoms with Crippen LogP contribution in [0.25, 0.3) is 21.3 Å². The second-order valence-electron chi connectivity index (χ2n) is 2.67. The van der Waals surface area contributed by atoms with Crippen LogP contribution in [0.1, 0.15) is 0 Å². The summed E-state index contributed by atoms with van der Waals surface area (Å²) >= 11 is 6.50. The third kappa shape index (κ3) is 0.991. The van der Waals surface area contributed by atoms with Crippen molar-refractivity contribution in [2.45, 2.75) is 0 Å². The van der Waals surface area contributed by atoms with Gasteiger partial charge in [-0.05, 0) is 24.4 Å². The molecule has 1 aromatic carbocycles. The summed E-state index contributed by atoms with van der Waals surface area (Å²) in [6.07, 6.45) is 0. The van der Waals surface area contributed by atoms with Crippen molar-refractivity contribution in [2.24, 2.45) is 0 Å². The van der Waals surface area contributed by atoms with Gasteiger partial charge in [0.05, 0.1) is 15.7 Å². The SMILES string of the molecule is S=c1nc2cc3[nH][nH]nc3cc2s1. The van der Waals surface area contributed by atoms with E-state index in [0.29, 0.717) is 3.95 Å². The maximum atomic E-state index is 4.99. The molecule has 64 valence electrons. The minimum absolute atomic E-state index is 0.673. The summed E-state index contributed by atoms with van der Waals surface area (Å²) < 4.78 is 1.75. The van der Waals surface area contributed by atoms with E-state index >= 15 is 0 Å². The van der Waals surface area contributed by atoms with Gasteiger partial charge < -0.3 is 0 Å². The van der Waals surface area contributed by atoms with E-state index < -0.39 is 0 Å². The molecule has 0 saturated carbocycles. The van der Waals surface area contributed by atoms with E-state index in [0.717, 1.165) is 21.3 Å². The van der Waals surface area contributed by atoms with Crippen LogP contribution in [0.3, 0.4) is 0 Å². The van der Waals surface area contributed by atoms with Gasteiger partial charge in [-0.15, -0.1) is 11.3 Å². The molecule has 0 fully saturated rings. The highest BCUT2D eigenvalue weighted by Crippen LogP contribution is 2.23. The molecule has 0 spiro atoms. The predicted octanol–water partition coefficient (Wildman–Crippen LogP) is 2.23. The molecule has 0 unspecified atom stereocenters. The standard InChI is InChI=1S/C7H4N4S2/c12-7-8-5-1-3-4(10-11-9-3)2-6(5)13-7/h1-2,9,11H. The maximum Gasteiger partial charge on any atom is 0.181 e. The number of nitrogens with zero attached hydrogens (tertiary/aromatic N) is 2. The largest absolute Gasteiger partial charge is 0.283 e. The van der Waals surface area contributed by atoms with Gasteiger partial charge in [0, 0.05) is 0 Å². The number of hydrogen-bond acceptors (Lipinski definition) is 4. The molecule has 3 rings (SSSR count). The van der Waals surface area contributed by atoms with Crippen molar-refractivity contribution in [1.82, 2.24) is 20.4 Å². The summed E-state index contributed by atoms with van der Waals surface area (Å²) in [4.78, 5) is 4.21. The Balaban J connectivity index is 2.62. The molecular formula is C7H4N4S2. The molecule has 0 aliphatic heterocycles. The van der Waals surface area contributed by atoms with E-state index in [1.807, 2.05) is 12.1 Å². The fraction of sp³-hybridized carbons (Fsp3) is 0. The van der Waals surface area contributed by atoms with Crippen molar-refractivity contribution in [3.63, 3.8) is 0 Å². The number of fused-ring (bicyclic) bond motifs is 2. The molecule has 0 aliphatic rings. The lowest BCUT2D eigenvalue weighted by molar-refractivity contribution is 0.959. The molecule has 0 aliphatic carbocycles. The van der Waals surface area contributed by atoms with Gasteiger partial charge in [-0.25, -0.2) is 10.2 Å². The van der Waals surface area contributed by atoms with E-state index in [1.54, 1.807) is 0 Å². The molecule has 0 amide bonds. The van der Waals surface area contributed by atoms with Gasteiger partial charge in [-0.1, -0.05) is 0 Å². The van der Waals surface area contributed by atoms with Crippen LogP contribution in [0.5, 0.6) is 0 Å². The Kier molecular flexibility index (Phi) is 1.30. The molecule has 0 saturated heterocycles. The van der Waals surface area contributed by atoms with E-state index in [1.165, 1.54) is 11.3 Å². The zero-order valence-corrected chi connectivity index (χ0v) is 8.00. The fourth-order valence-corrected chi connectivity index (χ4v) is 2.36. The smallest absolute Gasteiger partial charge is 0.181 e. The molecule has 0 bridgehead atoms. The molecule has 6 heteroatoms. The first-order chi connectivity index (χ1) is 6.33. The Morgan fingerprint density at radius 2 is 2.23 bits per heavy atom. The second kappa shape index (κ2) is 2.36. The molecule has 13 heavy (non-hydrogen) atoms. The molecular weight excluding hydrogens is 204 g/mol. The molecule has 2 N–H and O–H groups in total. The minimum Gasteiger partial charge on any atom is -0.283 e. The van der Waals surface area contributed by atoms with Crippen LogP contribution in [0, 0.1) is 3.95 Å². The number of thiazole rings is 1. The number of H-pyrrole nitrogens is 2. The molecule has 4 nitrogen and oxygen atoms in total. The van der Waals surface area contributed by atoms with Crippen LogP contribution in [-0.2, 0) is 0 Å². The van der Waals surface area contributed by atoms with Crippen LogP contribution < -0.4 is 0 Å². The van der Waals surface area contributed by atoms with Gasteiger partial charge in [-0.3, -0.25) is 5.10 Å². The Morgan fingerprint density at radius 3 is 3.15 bits per heavy atom. The minimum atomic E-state index is 0.673. The highest BCUT2D eigenvalue weighted by Gasteiger charge is 2.02. The normalized spacial score (nSPS) is 11.4. The average Bonchev–Trinajstić information content (AvgIpc) is 2.63. The number of hydrogen-bond donors (Lipinski definition) is 2. The number of benzene rings is 1. The van der Waals surface area contributed by atoms with Crippen molar-refractivity contribution in [2.75, 3.05) is 0 Å². The van der Waals surface area contributed by atoms with Crippen LogP contribution in [0.15, 0.2) is 12.1 Å². The quantitative estimate of drug-likeness (QED) is 0.557. The number of nitrogens with one attached hydrogen (secondary N) is 2. The topological polar surface area (TPSA) is 57.4 Å². The summed E-state index contributed by atoms with van der Waals surface area (Å²) in [7, 11) is 0. The van der Waals surface area contributed by atoms with Gasteiger partial charge >= 0.3 is 0 Å². The van der Waals surface area contributed by atoms with Crippen LogP contribution >= 0.6 is 23.6 Å². The monoisotopic (exact) mass is 208 g/mol. The van der Waals surface area contributed by atoms with Crippen molar-refractivity contribution in [3.05, 3.63) is 16.1 Å². The van der Waals surface area contributed by atoms with Gasteiger partial charge in [0.15, 0.2) is 3.95 Å². The van der Waals surface area contributed by atoms with E-state index in [9.17, 15) is 0 Å². The van der Waals surface area contributed by atoms with Gasteiger partial charge in [0.25, 0.3) is 0 Å². The lowest BCUT2D eigenvalue weighted by atomic mass is 10.3. The third-order valence-corrected chi connectivity index (χ3v) is 3.01. The highest BCUT2D eigenvalue weighted by molar-refractivity contribution is 7.73. The molecule has 3 aromatic rings. The lowest BCUT2D eigenvalue weighted by Gasteiger charge is -1.85. The summed E-state index contributed by atoms with van der Waals surface area (Å²) in [5.41, 5.74) is 2.79. The molecule has 2 aromatic heterocycles. The first kappa shape index (κ1) is 7.16. The van der Waals surface area contributed by atoms with Gasteiger partial charge in [0.2, 0.25) is 0 Å². The predicted molar refractivity (Wildman–Crippen MR) is 54.5 cm³/mol. The summed E-state index contributed by atoms with van der Waals surface area (Å²) in [6, 6.07) is 3.92. The van der Waals surface area contributed by atoms with Gasteiger partial charge in [0.1, 0.15) is 5.52 Å². The fourth-order valence-electron chi connectivity index (χ4n) is 1.28.